The minimum absolute atomic E-state index is 0.0405. The van der Waals surface area contributed by atoms with E-state index >= 15 is 0 Å². The van der Waals surface area contributed by atoms with Gasteiger partial charge in [0.05, 0.1) is 0 Å². The van der Waals surface area contributed by atoms with E-state index in [9.17, 15) is 4.79 Å². The average molecular weight is 233 g/mol. The highest BCUT2D eigenvalue weighted by molar-refractivity contribution is 8.00. The molecule has 2 heterocycles. The van der Waals surface area contributed by atoms with Gasteiger partial charge in [0, 0.05) is 17.7 Å². The third-order valence-corrected chi connectivity index (χ3v) is 3.78. The van der Waals surface area contributed by atoms with Gasteiger partial charge < -0.3 is 4.42 Å². The Balaban J connectivity index is 1.96. The number of ketones is 1. The lowest BCUT2D eigenvalue weighted by atomic mass is 10.2. The highest BCUT2D eigenvalue weighted by atomic mass is 32.2. The number of para-hydroxylation sites is 1. The monoisotopic (exact) mass is 233 g/mol. The summed E-state index contributed by atoms with van der Waals surface area (Å²) in [6, 6.07) is 9.49. The Labute approximate surface area is 97.2 Å². The Morgan fingerprint density at radius 3 is 3.06 bits per heavy atom. The number of carbonyl (C=O) groups excluding carboxylic acids is 1. The largest absolute Gasteiger partial charge is 0.453 e. The fourth-order valence-electron chi connectivity index (χ4n) is 1.83. The molecule has 0 radical (unpaired) electrons. The van der Waals surface area contributed by atoms with Gasteiger partial charge in [0.2, 0.25) is 5.78 Å². The van der Waals surface area contributed by atoms with Gasteiger partial charge in [0.15, 0.2) is 5.76 Å². The number of thioether (sulfide) groups is 1. The predicted octanol–water partition coefficient (Wildman–Crippen LogP) is 2.28. The highest BCUT2D eigenvalue weighted by Gasteiger charge is 2.26. The fourth-order valence-corrected chi connectivity index (χ4v) is 2.80. The summed E-state index contributed by atoms with van der Waals surface area (Å²) in [5, 5.41) is 3.99. The van der Waals surface area contributed by atoms with Crippen LogP contribution in [0.5, 0.6) is 0 Å². The SMILES string of the molecule is O=C(c1cc2ccccc2o1)C1NCCS1. The van der Waals surface area contributed by atoms with E-state index in [2.05, 4.69) is 5.32 Å². The summed E-state index contributed by atoms with van der Waals surface area (Å²) in [7, 11) is 0. The third kappa shape index (κ3) is 1.64. The lowest BCUT2D eigenvalue weighted by Crippen LogP contribution is -2.28. The first-order valence-electron chi connectivity index (χ1n) is 5.22. The topological polar surface area (TPSA) is 42.2 Å². The molecule has 0 bridgehead atoms. The van der Waals surface area contributed by atoms with E-state index in [1.165, 1.54) is 0 Å². The van der Waals surface area contributed by atoms with Gasteiger partial charge in [0.1, 0.15) is 11.0 Å². The molecule has 16 heavy (non-hydrogen) atoms. The first-order valence-corrected chi connectivity index (χ1v) is 6.27. The second-order valence-corrected chi connectivity index (χ2v) is 4.93. The van der Waals surface area contributed by atoms with Crippen LogP contribution in [0.15, 0.2) is 34.7 Å². The van der Waals surface area contributed by atoms with Crippen LogP contribution in [-0.2, 0) is 0 Å². The molecule has 1 fully saturated rings. The molecule has 1 N–H and O–H groups in total. The normalized spacial score (nSPS) is 20.4. The molecule has 0 aliphatic carbocycles. The maximum Gasteiger partial charge on any atom is 0.225 e. The Morgan fingerprint density at radius 2 is 2.31 bits per heavy atom. The van der Waals surface area contributed by atoms with E-state index < -0.39 is 0 Å². The van der Waals surface area contributed by atoms with Crippen LogP contribution in [0.3, 0.4) is 0 Å². The van der Waals surface area contributed by atoms with Crippen molar-refractivity contribution in [3.05, 3.63) is 36.1 Å². The first-order chi connectivity index (χ1) is 7.84. The van der Waals surface area contributed by atoms with Gasteiger partial charge in [-0.25, -0.2) is 0 Å². The van der Waals surface area contributed by atoms with Crippen LogP contribution >= 0.6 is 11.8 Å². The second kappa shape index (κ2) is 3.96. The van der Waals surface area contributed by atoms with E-state index in [0.717, 1.165) is 23.3 Å². The van der Waals surface area contributed by atoms with Crippen LogP contribution in [-0.4, -0.2) is 23.5 Å². The van der Waals surface area contributed by atoms with Crippen molar-refractivity contribution in [1.82, 2.24) is 5.32 Å². The van der Waals surface area contributed by atoms with E-state index in [4.69, 9.17) is 4.42 Å². The zero-order valence-electron chi connectivity index (χ0n) is 8.60. The lowest BCUT2D eigenvalue weighted by molar-refractivity contribution is 0.0957. The molecule has 1 aromatic heterocycles. The number of nitrogens with one attached hydrogen (secondary N) is 1. The van der Waals surface area contributed by atoms with Crippen molar-refractivity contribution in [3.63, 3.8) is 0 Å². The number of fused-ring (bicyclic) bond motifs is 1. The number of benzene rings is 1. The molecule has 1 unspecified atom stereocenters. The van der Waals surface area contributed by atoms with Gasteiger partial charge in [-0.3, -0.25) is 10.1 Å². The van der Waals surface area contributed by atoms with E-state index in [1.807, 2.05) is 30.3 Å². The van der Waals surface area contributed by atoms with Crippen molar-refractivity contribution in [3.8, 4) is 0 Å². The molecule has 2 aromatic rings. The van der Waals surface area contributed by atoms with Gasteiger partial charge in [0.25, 0.3) is 0 Å². The number of rotatable bonds is 2. The van der Waals surface area contributed by atoms with Crippen LogP contribution in [0.2, 0.25) is 0 Å². The molecule has 1 aliphatic heterocycles. The Morgan fingerprint density at radius 1 is 1.44 bits per heavy atom. The molecule has 1 aliphatic rings. The van der Waals surface area contributed by atoms with Gasteiger partial charge in [-0.15, -0.1) is 11.8 Å². The highest BCUT2D eigenvalue weighted by Crippen LogP contribution is 2.23. The summed E-state index contributed by atoms with van der Waals surface area (Å²) in [5.41, 5.74) is 0.772. The molecule has 82 valence electrons. The van der Waals surface area contributed by atoms with Crippen LogP contribution in [0.1, 0.15) is 10.6 Å². The van der Waals surface area contributed by atoms with Crippen LogP contribution < -0.4 is 5.32 Å². The standard InChI is InChI=1S/C12H11NO2S/c14-11(12-13-5-6-16-12)10-7-8-3-1-2-4-9(8)15-10/h1-4,7,12-13H,5-6H2. The Bertz CT molecular complexity index is 496. The number of carbonyl (C=O) groups is 1. The van der Waals surface area contributed by atoms with Crippen LogP contribution in [0.4, 0.5) is 0 Å². The number of hydrogen-bond donors (Lipinski definition) is 1. The number of hydrogen-bond acceptors (Lipinski definition) is 4. The number of furan rings is 1. The van der Waals surface area contributed by atoms with Crippen molar-refractivity contribution in [2.24, 2.45) is 0 Å². The minimum atomic E-state index is -0.138. The van der Waals surface area contributed by atoms with E-state index in [1.54, 1.807) is 11.8 Å². The van der Waals surface area contributed by atoms with Crippen molar-refractivity contribution < 1.29 is 9.21 Å². The Hall–Kier alpha value is -1.26. The zero-order chi connectivity index (χ0) is 11.0. The van der Waals surface area contributed by atoms with E-state index in [0.29, 0.717) is 5.76 Å². The fraction of sp³-hybridized carbons (Fsp3) is 0.250. The van der Waals surface area contributed by atoms with Gasteiger partial charge >= 0.3 is 0 Å². The average Bonchev–Trinajstić information content (AvgIpc) is 2.97. The molecule has 3 nitrogen and oxygen atoms in total. The predicted molar refractivity (Wildman–Crippen MR) is 64.8 cm³/mol. The summed E-state index contributed by atoms with van der Waals surface area (Å²) < 4.78 is 5.54. The molecule has 1 atom stereocenters. The zero-order valence-corrected chi connectivity index (χ0v) is 9.42. The smallest absolute Gasteiger partial charge is 0.225 e. The van der Waals surface area contributed by atoms with Gasteiger partial charge in [-0.1, -0.05) is 18.2 Å². The second-order valence-electron chi connectivity index (χ2n) is 3.72. The van der Waals surface area contributed by atoms with Crippen LogP contribution in [0.25, 0.3) is 11.0 Å². The molecule has 0 spiro atoms. The molecule has 0 amide bonds. The van der Waals surface area contributed by atoms with Crippen LogP contribution in [0, 0.1) is 0 Å². The van der Waals surface area contributed by atoms with E-state index in [-0.39, 0.29) is 11.2 Å². The maximum atomic E-state index is 12.0. The summed E-state index contributed by atoms with van der Waals surface area (Å²) in [6.07, 6.45) is 0. The van der Waals surface area contributed by atoms with Crippen molar-refractivity contribution >= 4 is 28.5 Å². The summed E-state index contributed by atoms with van der Waals surface area (Å²) in [6.45, 7) is 0.890. The molecule has 1 aromatic carbocycles. The quantitative estimate of drug-likeness (QED) is 0.808. The summed E-state index contributed by atoms with van der Waals surface area (Å²) in [4.78, 5) is 12.0. The van der Waals surface area contributed by atoms with Gasteiger partial charge in [-0.05, 0) is 12.1 Å². The molecule has 4 heteroatoms. The molecule has 0 saturated carbocycles. The molecule has 1 saturated heterocycles. The lowest BCUT2D eigenvalue weighted by Gasteiger charge is -2.04. The number of Topliss-reactive ketones (excluding diaryl/α,β-unsaturated/α-hetero) is 1. The van der Waals surface area contributed by atoms with Crippen molar-refractivity contribution in [1.29, 1.82) is 0 Å². The first kappa shape index (κ1) is 9.93. The molecular formula is C12H11NO2S. The summed E-state index contributed by atoms with van der Waals surface area (Å²) >= 11 is 1.63. The van der Waals surface area contributed by atoms with Crippen molar-refractivity contribution in [2.45, 2.75) is 5.37 Å². The third-order valence-electron chi connectivity index (χ3n) is 2.62. The maximum absolute atomic E-state index is 12.0. The minimum Gasteiger partial charge on any atom is -0.453 e. The molecule has 3 rings (SSSR count). The van der Waals surface area contributed by atoms with Gasteiger partial charge in [-0.2, -0.15) is 0 Å². The van der Waals surface area contributed by atoms with Crippen molar-refractivity contribution in [2.75, 3.05) is 12.3 Å². The Kier molecular flexibility index (Phi) is 2.46. The summed E-state index contributed by atoms with van der Waals surface area (Å²) in [5.74, 6) is 1.48. The molecular weight excluding hydrogens is 222 g/mol.